The van der Waals surface area contributed by atoms with E-state index >= 15 is 0 Å². The molecule has 0 aromatic heterocycles. The van der Waals surface area contributed by atoms with Crippen LogP contribution in [0.3, 0.4) is 0 Å². The first-order chi connectivity index (χ1) is 8.60. The summed E-state index contributed by atoms with van der Waals surface area (Å²) in [6.45, 7) is 1.15. The maximum absolute atomic E-state index is 13.2. The normalized spacial score (nSPS) is 16.2. The van der Waals surface area contributed by atoms with Crippen LogP contribution in [-0.2, 0) is 0 Å². The summed E-state index contributed by atoms with van der Waals surface area (Å²) in [4.78, 5) is 11.9. The number of benzene rings is 1. The Morgan fingerprint density at radius 3 is 2.83 bits per heavy atom. The molecule has 0 spiro atoms. The highest BCUT2D eigenvalue weighted by Crippen LogP contribution is 2.43. The minimum Gasteiger partial charge on any atom is -0.494 e. The second-order valence-corrected chi connectivity index (χ2v) is 4.74. The number of rotatable bonds is 5. The van der Waals surface area contributed by atoms with E-state index in [0.717, 1.165) is 12.8 Å². The molecule has 0 bridgehead atoms. The first kappa shape index (κ1) is 12.8. The molecule has 1 aliphatic carbocycles. The first-order valence-corrected chi connectivity index (χ1v) is 5.92. The highest BCUT2D eigenvalue weighted by molar-refractivity contribution is 5.94. The summed E-state index contributed by atoms with van der Waals surface area (Å²) >= 11 is 0. The number of amides is 1. The van der Waals surface area contributed by atoms with Crippen LogP contribution in [0, 0.1) is 11.2 Å². The Balaban J connectivity index is 2.00. The van der Waals surface area contributed by atoms with Crippen molar-refractivity contribution in [3.8, 4) is 5.75 Å². The van der Waals surface area contributed by atoms with E-state index in [2.05, 4.69) is 5.32 Å². The summed E-state index contributed by atoms with van der Waals surface area (Å²) in [5.41, 5.74) is 6.11. The number of hydrogen-bond donors (Lipinski definition) is 2. The molecule has 2 rings (SSSR count). The lowest BCUT2D eigenvalue weighted by atomic mass is 10.1. The number of nitrogens with two attached hydrogens (primary N) is 1. The smallest absolute Gasteiger partial charge is 0.251 e. The van der Waals surface area contributed by atoms with Crippen molar-refractivity contribution in [2.75, 3.05) is 20.2 Å². The Morgan fingerprint density at radius 2 is 2.28 bits per heavy atom. The molecule has 3 N–H and O–H groups in total. The topological polar surface area (TPSA) is 64.3 Å². The lowest BCUT2D eigenvalue weighted by Gasteiger charge is -2.13. The fourth-order valence-corrected chi connectivity index (χ4v) is 1.80. The average molecular weight is 252 g/mol. The van der Waals surface area contributed by atoms with Crippen LogP contribution in [0.25, 0.3) is 0 Å². The molecule has 0 atom stereocenters. The van der Waals surface area contributed by atoms with Crippen LogP contribution >= 0.6 is 0 Å². The van der Waals surface area contributed by atoms with E-state index in [9.17, 15) is 9.18 Å². The molecule has 0 heterocycles. The Morgan fingerprint density at radius 1 is 1.56 bits per heavy atom. The molecule has 1 aromatic carbocycles. The van der Waals surface area contributed by atoms with Crippen LogP contribution in [0.4, 0.5) is 4.39 Å². The SMILES string of the molecule is COc1cc(C(=O)NCC2(CN)CC2)ccc1F. The van der Waals surface area contributed by atoms with Gasteiger partial charge in [-0.25, -0.2) is 4.39 Å². The molecule has 4 nitrogen and oxygen atoms in total. The van der Waals surface area contributed by atoms with Gasteiger partial charge < -0.3 is 15.8 Å². The van der Waals surface area contributed by atoms with Crippen LogP contribution < -0.4 is 15.8 Å². The highest BCUT2D eigenvalue weighted by atomic mass is 19.1. The summed E-state index contributed by atoms with van der Waals surface area (Å²) in [7, 11) is 1.37. The standard InChI is InChI=1S/C13H17FN2O2/c1-18-11-6-9(2-3-10(11)14)12(17)16-8-13(7-15)4-5-13/h2-3,6H,4-5,7-8,15H2,1H3,(H,16,17). The van der Waals surface area contributed by atoms with Gasteiger partial charge in [-0.05, 0) is 37.6 Å². The Hall–Kier alpha value is -1.62. The molecule has 0 saturated heterocycles. The molecule has 5 heteroatoms. The second kappa shape index (κ2) is 4.94. The molecule has 1 fully saturated rings. The van der Waals surface area contributed by atoms with Crippen LogP contribution in [0.2, 0.25) is 0 Å². The maximum atomic E-state index is 13.2. The lowest BCUT2D eigenvalue weighted by molar-refractivity contribution is 0.0945. The summed E-state index contributed by atoms with van der Waals surface area (Å²) in [6, 6.07) is 4.06. The van der Waals surface area contributed by atoms with Gasteiger partial charge in [-0.2, -0.15) is 0 Å². The third-order valence-corrected chi connectivity index (χ3v) is 3.43. The van der Waals surface area contributed by atoms with Gasteiger partial charge in [0.25, 0.3) is 5.91 Å². The van der Waals surface area contributed by atoms with Crippen LogP contribution in [-0.4, -0.2) is 26.1 Å². The molecule has 98 valence electrons. The molecule has 0 unspecified atom stereocenters. The molecule has 1 aromatic rings. The van der Waals surface area contributed by atoms with E-state index in [1.54, 1.807) is 0 Å². The van der Waals surface area contributed by atoms with Gasteiger partial charge in [0.2, 0.25) is 0 Å². The van der Waals surface area contributed by atoms with Gasteiger partial charge in [0, 0.05) is 17.5 Å². The van der Waals surface area contributed by atoms with Crippen molar-refractivity contribution in [2.24, 2.45) is 11.1 Å². The summed E-state index contributed by atoms with van der Waals surface area (Å²) in [5, 5.41) is 2.83. The average Bonchev–Trinajstić information content (AvgIpc) is 3.17. The fraction of sp³-hybridized carbons (Fsp3) is 0.462. The van der Waals surface area contributed by atoms with Gasteiger partial charge in [0.15, 0.2) is 11.6 Å². The van der Waals surface area contributed by atoms with Crippen molar-refractivity contribution in [1.82, 2.24) is 5.32 Å². The molecule has 0 aliphatic heterocycles. The number of halogens is 1. The quantitative estimate of drug-likeness (QED) is 0.830. The monoisotopic (exact) mass is 252 g/mol. The minimum absolute atomic E-state index is 0.0719. The van der Waals surface area contributed by atoms with E-state index in [-0.39, 0.29) is 17.1 Å². The molecular formula is C13H17FN2O2. The van der Waals surface area contributed by atoms with Gasteiger partial charge >= 0.3 is 0 Å². The zero-order valence-corrected chi connectivity index (χ0v) is 10.3. The number of carbonyl (C=O) groups is 1. The number of methoxy groups -OCH3 is 1. The Kier molecular flexibility index (Phi) is 3.52. The van der Waals surface area contributed by atoms with Gasteiger partial charge in [-0.3, -0.25) is 4.79 Å². The predicted octanol–water partition coefficient (Wildman–Crippen LogP) is 1.30. The van der Waals surface area contributed by atoms with Crippen LogP contribution in [0.5, 0.6) is 5.75 Å². The van der Waals surface area contributed by atoms with Crippen LogP contribution in [0.1, 0.15) is 23.2 Å². The van der Waals surface area contributed by atoms with Crippen molar-refractivity contribution in [2.45, 2.75) is 12.8 Å². The van der Waals surface area contributed by atoms with Crippen LogP contribution in [0.15, 0.2) is 18.2 Å². The molecule has 1 aliphatic rings. The predicted molar refractivity (Wildman–Crippen MR) is 66.0 cm³/mol. The molecular weight excluding hydrogens is 235 g/mol. The zero-order valence-electron chi connectivity index (χ0n) is 10.3. The third kappa shape index (κ3) is 2.61. The van der Waals surface area contributed by atoms with E-state index in [0.29, 0.717) is 18.7 Å². The largest absolute Gasteiger partial charge is 0.494 e. The number of carbonyl (C=O) groups excluding carboxylic acids is 1. The summed E-state index contributed by atoms with van der Waals surface area (Å²) in [5.74, 6) is -0.634. The van der Waals surface area contributed by atoms with Gasteiger partial charge in [0.1, 0.15) is 0 Å². The van der Waals surface area contributed by atoms with Gasteiger partial charge in [0.05, 0.1) is 7.11 Å². The van der Waals surface area contributed by atoms with E-state index in [4.69, 9.17) is 10.5 Å². The highest BCUT2D eigenvalue weighted by Gasteiger charge is 2.41. The Labute approximate surface area is 105 Å². The van der Waals surface area contributed by atoms with Gasteiger partial charge in [-0.15, -0.1) is 0 Å². The van der Waals surface area contributed by atoms with Crippen molar-refractivity contribution in [3.63, 3.8) is 0 Å². The molecule has 0 radical (unpaired) electrons. The number of ether oxygens (including phenoxy) is 1. The molecule has 18 heavy (non-hydrogen) atoms. The third-order valence-electron chi connectivity index (χ3n) is 3.43. The molecule has 1 saturated carbocycles. The minimum atomic E-state index is -0.477. The van der Waals surface area contributed by atoms with E-state index < -0.39 is 5.82 Å². The Bertz CT molecular complexity index is 458. The van der Waals surface area contributed by atoms with Crippen molar-refractivity contribution in [3.05, 3.63) is 29.6 Å². The molecule has 1 amide bonds. The number of nitrogens with one attached hydrogen (secondary N) is 1. The first-order valence-electron chi connectivity index (χ1n) is 5.92. The summed E-state index contributed by atoms with van der Waals surface area (Å²) < 4.78 is 18.0. The second-order valence-electron chi connectivity index (χ2n) is 4.74. The van der Waals surface area contributed by atoms with E-state index in [1.165, 1.54) is 25.3 Å². The summed E-state index contributed by atoms with van der Waals surface area (Å²) in [6.07, 6.45) is 2.10. The maximum Gasteiger partial charge on any atom is 0.251 e. The lowest BCUT2D eigenvalue weighted by Crippen LogP contribution is -2.33. The van der Waals surface area contributed by atoms with Gasteiger partial charge in [-0.1, -0.05) is 0 Å². The fourth-order valence-electron chi connectivity index (χ4n) is 1.80. The van der Waals surface area contributed by atoms with Crippen molar-refractivity contribution >= 4 is 5.91 Å². The van der Waals surface area contributed by atoms with Crippen molar-refractivity contribution < 1.29 is 13.9 Å². The zero-order chi connectivity index (χ0) is 13.2. The van der Waals surface area contributed by atoms with Crippen molar-refractivity contribution in [1.29, 1.82) is 0 Å². The van der Waals surface area contributed by atoms with E-state index in [1.807, 2.05) is 0 Å². The number of hydrogen-bond acceptors (Lipinski definition) is 3.